The van der Waals surface area contributed by atoms with Gasteiger partial charge >= 0.3 is 0 Å². The Morgan fingerprint density at radius 3 is 2.53 bits per heavy atom. The number of benzene rings is 1. The number of aryl methyl sites for hydroxylation is 1. The van der Waals surface area contributed by atoms with Crippen LogP contribution in [-0.2, 0) is 14.9 Å². The van der Waals surface area contributed by atoms with Crippen LogP contribution in [-0.4, -0.2) is 53.7 Å². The molecule has 0 radical (unpaired) electrons. The summed E-state index contributed by atoms with van der Waals surface area (Å²) in [7, 11) is 0. The van der Waals surface area contributed by atoms with Crippen molar-refractivity contribution in [3.05, 3.63) is 53.5 Å². The van der Waals surface area contributed by atoms with Gasteiger partial charge in [0.05, 0.1) is 12.0 Å². The number of ether oxygens (including phenoxy) is 2. The summed E-state index contributed by atoms with van der Waals surface area (Å²) in [6.07, 6.45) is 4.97. The molecule has 6 heteroatoms. The fourth-order valence-corrected chi connectivity index (χ4v) is 4.57. The zero-order valence-electron chi connectivity index (χ0n) is 18.0. The van der Waals surface area contributed by atoms with Gasteiger partial charge in [0.2, 0.25) is 11.8 Å². The molecule has 0 spiro atoms. The van der Waals surface area contributed by atoms with Crippen LogP contribution in [0.3, 0.4) is 0 Å². The number of hydrogen-bond acceptors (Lipinski definition) is 5. The standard InChI is InChI=1S/C24H31N3O3/c1-18-19(2)25-17-26-22(18)30-16-20-8-12-27(13-9-20)23(28)24(10-14-29-15-11-24)21-6-4-3-5-7-21/h3-7,17,20H,8-16H2,1-2H3. The van der Waals surface area contributed by atoms with Crippen molar-refractivity contribution < 1.29 is 14.3 Å². The Morgan fingerprint density at radius 1 is 1.13 bits per heavy atom. The Morgan fingerprint density at radius 2 is 1.83 bits per heavy atom. The molecule has 3 heterocycles. The smallest absolute Gasteiger partial charge is 0.233 e. The van der Waals surface area contributed by atoms with E-state index in [1.54, 1.807) is 6.33 Å². The maximum absolute atomic E-state index is 13.7. The van der Waals surface area contributed by atoms with Gasteiger partial charge in [0.25, 0.3) is 0 Å². The highest BCUT2D eigenvalue weighted by molar-refractivity contribution is 5.88. The predicted octanol–water partition coefficient (Wildman–Crippen LogP) is 3.46. The van der Waals surface area contributed by atoms with Crippen LogP contribution >= 0.6 is 0 Å². The molecule has 0 unspecified atom stereocenters. The van der Waals surface area contributed by atoms with E-state index in [0.717, 1.165) is 55.6 Å². The Hall–Kier alpha value is -2.47. The summed E-state index contributed by atoms with van der Waals surface area (Å²) < 4.78 is 11.6. The number of nitrogens with zero attached hydrogens (tertiary/aromatic N) is 3. The largest absolute Gasteiger partial charge is 0.477 e. The van der Waals surface area contributed by atoms with E-state index in [4.69, 9.17) is 9.47 Å². The lowest BCUT2D eigenvalue weighted by atomic mass is 9.72. The third-order valence-corrected chi connectivity index (χ3v) is 6.73. The summed E-state index contributed by atoms with van der Waals surface area (Å²) in [5, 5.41) is 0. The second kappa shape index (κ2) is 9.13. The van der Waals surface area contributed by atoms with Crippen molar-refractivity contribution in [1.82, 2.24) is 14.9 Å². The molecule has 1 amide bonds. The van der Waals surface area contributed by atoms with E-state index in [9.17, 15) is 4.79 Å². The van der Waals surface area contributed by atoms with Crippen LogP contribution < -0.4 is 4.74 Å². The number of aromatic nitrogens is 2. The van der Waals surface area contributed by atoms with Crippen LogP contribution in [0.25, 0.3) is 0 Å². The van der Waals surface area contributed by atoms with E-state index in [-0.39, 0.29) is 5.91 Å². The highest BCUT2D eigenvalue weighted by atomic mass is 16.5. The number of rotatable bonds is 5. The Labute approximate surface area is 178 Å². The van der Waals surface area contributed by atoms with Gasteiger partial charge < -0.3 is 14.4 Å². The maximum atomic E-state index is 13.7. The highest BCUT2D eigenvalue weighted by Gasteiger charge is 2.44. The van der Waals surface area contributed by atoms with E-state index < -0.39 is 5.41 Å². The number of hydrogen-bond donors (Lipinski definition) is 0. The van der Waals surface area contributed by atoms with Gasteiger partial charge in [-0.1, -0.05) is 30.3 Å². The number of likely N-dealkylation sites (tertiary alicyclic amines) is 1. The first-order valence-corrected chi connectivity index (χ1v) is 10.9. The lowest BCUT2D eigenvalue weighted by Gasteiger charge is -2.42. The molecule has 0 aliphatic carbocycles. The Bertz CT molecular complexity index is 857. The number of carbonyl (C=O) groups is 1. The minimum Gasteiger partial charge on any atom is -0.477 e. The first-order chi connectivity index (χ1) is 14.6. The molecule has 2 aliphatic heterocycles. The Kier molecular flexibility index (Phi) is 6.32. The van der Waals surface area contributed by atoms with Crippen molar-refractivity contribution in [1.29, 1.82) is 0 Å². The van der Waals surface area contributed by atoms with Gasteiger partial charge in [0, 0.05) is 37.6 Å². The number of carbonyl (C=O) groups excluding carboxylic acids is 1. The van der Waals surface area contributed by atoms with E-state index in [1.807, 2.05) is 32.0 Å². The van der Waals surface area contributed by atoms with Crippen LogP contribution in [0.2, 0.25) is 0 Å². The van der Waals surface area contributed by atoms with Gasteiger partial charge in [0.15, 0.2) is 0 Å². The molecule has 0 bridgehead atoms. The quantitative estimate of drug-likeness (QED) is 0.757. The van der Waals surface area contributed by atoms with E-state index in [0.29, 0.717) is 31.6 Å². The first kappa shape index (κ1) is 20.8. The number of piperidine rings is 1. The van der Waals surface area contributed by atoms with E-state index in [1.165, 1.54) is 0 Å². The summed E-state index contributed by atoms with van der Waals surface area (Å²) >= 11 is 0. The average Bonchev–Trinajstić information content (AvgIpc) is 2.81. The zero-order chi connectivity index (χ0) is 21.0. The topological polar surface area (TPSA) is 64.6 Å². The van der Waals surface area contributed by atoms with Gasteiger partial charge in [-0.15, -0.1) is 0 Å². The second-order valence-corrected chi connectivity index (χ2v) is 8.50. The Balaban J connectivity index is 1.38. The molecule has 2 aromatic rings. The lowest BCUT2D eigenvalue weighted by Crippen LogP contribution is -2.52. The third-order valence-electron chi connectivity index (χ3n) is 6.73. The molecule has 2 saturated heterocycles. The molecular weight excluding hydrogens is 378 g/mol. The minimum atomic E-state index is -0.446. The normalized spacial score (nSPS) is 19.5. The molecule has 30 heavy (non-hydrogen) atoms. The summed E-state index contributed by atoms with van der Waals surface area (Å²) in [5.41, 5.74) is 2.62. The van der Waals surface area contributed by atoms with Crippen molar-refractivity contribution >= 4 is 5.91 Å². The summed E-state index contributed by atoms with van der Waals surface area (Å²) in [5.74, 6) is 1.37. The van der Waals surface area contributed by atoms with Gasteiger partial charge in [-0.05, 0) is 51.0 Å². The molecular formula is C24H31N3O3. The molecule has 6 nitrogen and oxygen atoms in total. The van der Waals surface area contributed by atoms with Crippen LogP contribution in [0.1, 0.15) is 42.5 Å². The van der Waals surface area contributed by atoms with Gasteiger partial charge in [0.1, 0.15) is 6.33 Å². The van der Waals surface area contributed by atoms with E-state index >= 15 is 0 Å². The van der Waals surface area contributed by atoms with Crippen molar-refractivity contribution in [3.8, 4) is 5.88 Å². The van der Waals surface area contributed by atoms with Crippen LogP contribution in [0, 0.1) is 19.8 Å². The summed E-state index contributed by atoms with van der Waals surface area (Å²) in [6.45, 7) is 7.44. The lowest BCUT2D eigenvalue weighted by molar-refractivity contribution is -0.143. The molecule has 0 N–H and O–H groups in total. The van der Waals surface area contributed by atoms with Crippen LogP contribution in [0.5, 0.6) is 5.88 Å². The molecule has 2 aliphatic rings. The van der Waals surface area contributed by atoms with E-state index in [2.05, 4.69) is 27.0 Å². The van der Waals surface area contributed by atoms with Gasteiger partial charge in [-0.25, -0.2) is 9.97 Å². The van der Waals surface area contributed by atoms with Crippen LogP contribution in [0.15, 0.2) is 36.7 Å². The monoisotopic (exact) mass is 409 g/mol. The maximum Gasteiger partial charge on any atom is 0.233 e. The van der Waals surface area contributed by atoms with Gasteiger partial charge in [-0.2, -0.15) is 0 Å². The molecule has 1 aromatic heterocycles. The molecule has 160 valence electrons. The second-order valence-electron chi connectivity index (χ2n) is 8.50. The van der Waals surface area contributed by atoms with Crippen LogP contribution in [0.4, 0.5) is 0 Å². The third kappa shape index (κ3) is 4.19. The molecule has 1 aromatic carbocycles. The fraction of sp³-hybridized carbons (Fsp3) is 0.542. The van der Waals surface area contributed by atoms with Gasteiger partial charge in [-0.3, -0.25) is 4.79 Å². The SMILES string of the molecule is Cc1ncnc(OCC2CCN(C(=O)C3(c4ccccc4)CCOCC3)CC2)c1C. The molecule has 0 atom stereocenters. The fourth-order valence-electron chi connectivity index (χ4n) is 4.57. The summed E-state index contributed by atoms with van der Waals surface area (Å²) in [4.78, 5) is 24.2. The van der Waals surface area contributed by atoms with Crippen molar-refractivity contribution in [3.63, 3.8) is 0 Å². The highest BCUT2D eigenvalue weighted by Crippen LogP contribution is 2.37. The number of amides is 1. The average molecular weight is 410 g/mol. The molecule has 0 saturated carbocycles. The minimum absolute atomic E-state index is 0.263. The first-order valence-electron chi connectivity index (χ1n) is 10.9. The van der Waals surface area contributed by atoms with Crippen molar-refractivity contribution in [2.45, 2.75) is 44.9 Å². The van der Waals surface area contributed by atoms with Crippen molar-refractivity contribution in [2.24, 2.45) is 5.92 Å². The summed E-state index contributed by atoms with van der Waals surface area (Å²) in [6, 6.07) is 10.2. The predicted molar refractivity (Wildman–Crippen MR) is 114 cm³/mol. The molecule has 2 fully saturated rings. The zero-order valence-corrected chi connectivity index (χ0v) is 18.0. The molecule has 4 rings (SSSR count). The van der Waals surface area contributed by atoms with Crippen molar-refractivity contribution in [2.75, 3.05) is 32.9 Å².